The van der Waals surface area contributed by atoms with Crippen LogP contribution in [0.4, 0.5) is 4.39 Å². The fourth-order valence-corrected chi connectivity index (χ4v) is 6.40. The van der Waals surface area contributed by atoms with E-state index in [-0.39, 0.29) is 22.4 Å². The van der Waals surface area contributed by atoms with Gasteiger partial charge in [-0.15, -0.1) is 0 Å². The molecule has 184 valence electrons. The second-order valence-electron chi connectivity index (χ2n) is 10.7. The summed E-state index contributed by atoms with van der Waals surface area (Å²) in [5.74, 6) is 0.234. The van der Waals surface area contributed by atoms with Crippen molar-refractivity contribution in [3.63, 3.8) is 0 Å². The van der Waals surface area contributed by atoms with Crippen LogP contribution in [0.15, 0.2) is 30.3 Å². The van der Waals surface area contributed by atoms with Gasteiger partial charge in [-0.05, 0) is 91.5 Å². The number of nitriles is 2. The lowest BCUT2D eigenvalue weighted by molar-refractivity contribution is 0.0289. The smallest absolute Gasteiger partial charge is 0.138 e. The molecule has 0 atom stereocenters. The van der Waals surface area contributed by atoms with Crippen LogP contribution in [0.2, 0.25) is 0 Å². The van der Waals surface area contributed by atoms with E-state index in [1.54, 1.807) is 18.2 Å². The molecule has 0 spiro atoms. The van der Waals surface area contributed by atoms with E-state index >= 15 is 4.39 Å². The zero-order chi connectivity index (χ0) is 24.9. The third-order valence-corrected chi connectivity index (χ3v) is 8.71. The van der Waals surface area contributed by atoms with Crippen molar-refractivity contribution in [2.24, 2.45) is 5.41 Å². The minimum absolute atomic E-state index is 0.0536. The molecule has 3 saturated carbocycles. The first-order chi connectivity index (χ1) is 17.0. The molecule has 0 amide bonds. The number of hydrogen-bond acceptors (Lipinski definition) is 3. The van der Waals surface area contributed by atoms with Gasteiger partial charge in [0.1, 0.15) is 29.3 Å². The number of benzene rings is 2. The molecule has 3 aliphatic carbocycles. The lowest BCUT2D eigenvalue weighted by Crippen LogP contribution is -2.44. The lowest BCUT2D eigenvalue weighted by atomic mass is 9.51. The van der Waals surface area contributed by atoms with Crippen molar-refractivity contribution in [3.05, 3.63) is 52.8 Å². The van der Waals surface area contributed by atoms with Crippen LogP contribution in [0.25, 0.3) is 11.1 Å². The van der Waals surface area contributed by atoms with Gasteiger partial charge in [-0.25, -0.2) is 4.39 Å². The van der Waals surface area contributed by atoms with Gasteiger partial charge in [-0.2, -0.15) is 10.5 Å². The predicted molar refractivity (Wildman–Crippen MR) is 138 cm³/mol. The van der Waals surface area contributed by atoms with Crippen molar-refractivity contribution in [1.82, 2.24) is 0 Å². The van der Waals surface area contributed by atoms with Crippen LogP contribution in [0.1, 0.15) is 108 Å². The molecule has 2 bridgehead atoms. The number of halogens is 1. The number of fused-ring (bicyclic) bond motifs is 3. The van der Waals surface area contributed by atoms with Gasteiger partial charge in [0.05, 0.1) is 12.2 Å². The molecular formula is C31H37FN2O. The normalized spacial score (nSPS) is 23.0. The topological polar surface area (TPSA) is 56.8 Å². The van der Waals surface area contributed by atoms with Gasteiger partial charge in [0.15, 0.2) is 0 Å². The van der Waals surface area contributed by atoms with Crippen LogP contribution < -0.4 is 4.74 Å². The molecule has 3 nitrogen and oxygen atoms in total. The molecule has 0 unspecified atom stereocenters. The fraction of sp³-hybridized carbons (Fsp3) is 0.548. The van der Waals surface area contributed by atoms with Crippen LogP contribution in [0.5, 0.6) is 5.75 Å². The maximum atomic E-state index is 15.6. The Morgan fingerprint density at radius 3 is 2.14 bits per heavy atom. The molecular weight excluding hydrogens is 435 g/mol. The highest BCUT2D eigenvalue weighted by atomic mass is 19.1. The number of rotatable bonds is 10. The summed E-state index contributed by atoms with van der Waals surface area (Å²) in [5.41, 5.74) is 2.96. The third-order valence-electron chi connectivity index (χ3n) is 8.71. The van der Waals surface area contributed by atoms with Crippen LogP contribution >= 0.6 is 0 Å². The molecule has 0 saturated heterocycles. The van der Waals surface area contributed by atoms with E-state index in [2.05, 4.69) is 26.0 Å². The first-order valence-corrected chi connectivity index (χ1v) is 13.4. The van der Waals surface area contributed by atoms with Gasteiger partial charge in [0.2, 0.25) is 0 Å². The van der Waals surface area contributed by atoms with Gasteiger partial charge in [-0.1, -0.05) is 51.7 Å². The van der Waals surface area contributed by atoms with Gasteiger partial charge in [0, 0.05) is 5.56 Å². The van der Waals surface area contributed by atoms with Crippen LogP contribution in [-0.2, 0) is 5.41 Å². The molecule has 3 aliphatic rings. The van der Waals surface area contributed by atoms with E-state index < -0.39 is 0 Å². The van der Waals surface area contributed by atoms with Gasteiger partial charge in [0.25, 0.3) is 0 Å². The van der Waals surface area contributed by atoms with Crippen LogP contribution in [0.3, 0.4) is 0 Å². The van der Waals surface area contributed by atoms with Crippen molar-refractivity contribution in [2.45, 2.75) is 96.3 Å². The van der Waals surface area contributed by atoms with Gasteiger partial charge in [-0.3, -0.25) is 0 Å². The van der Waals surface area contributed by atoms with E-state index in [4.69, 9.17) is 4.74 Å². The van der Waals surface area contributed by atoms with Crippen molar-refractivity contribution >= 4 is 0 Å². The largest absolute Gasteiger partial charge is 0.492 e. The highest BCUT2D eigenvalue weighted by Gasteiger charge is 2.49. The molecule has 0 N–H and O–H groups in total. The SMILES string of the molecule is CCCCCC12CCC(c3ccc(-c4ccc(OCCCC)c(C#N)c4C#N)cc3F)(CC1)CC2. The zero-order valence-corrected chi connectivity index (χ0v) is 21.3. The molecule has 2 aromatic rings. The quantitative estimate of drug-likeness (QED) is 0.325. The monoisotopic (exact) mass is 472 g/mol. The Kier molecular flexibility index (Phi) is 7.81. The molecule has 4 heteroatoms. The highest BCUT2D eigenvalue weighted by Crippen LogP contribution is 2.60. The first kappa shape index (κ1) is 25.2. The standard InChI is InChI=1S/C31H37FN2O/c1-3-5-7-12-30-13-16-31(17-14-30,18-15-30)27-10-8-23(20-28(27)32)24-9-11-29(35-19-6-4-2)26(22-34)25(24)21-33/h8-11,20H,3-7,12-19H2,1-2H3. The fourth-order valence-electron chi connectivity index (χ4n) is 6.40. The molecule has 0 heterocycles. The van der Waals surface area contributed by atoms with E-state index in [1.807, 2.05) is 12.1 Å². The van der Waals surface area contributed by atoms with Gasteiger partial charge < -0.3 is 4.74 Å². The Balaban J connectivity index is 1.58. The summed E-state index contributed by atoms with van der Waals surface area (Å²) in [4.78, 5) is 0. The number of unbranched alkanes of at least 4 members (excludes halogenated alkanes) is 3. The highest BCUT2D eigenvalue weighted by molar-refractivity contribution is 5.76. The van der Waals surface area contributed by atoms with Crippen molar-refractivity contribution < 1.29 is 9.13 Å². The van der Waals surface area contributed by atoms with Crippen LogP contribution in [-0.4, -0.2) is 6.61 Å². The number of ether oxygens (including phenoxy) is 1. The molecule has 5 rings (SSSR count). The summed E-state index contributed by atoms with van der Waals surface area (Å²) < 4.78 is 21.4. The Hall–Kier alpha value is -2.85. The van der Waals surface area contributed by atoms with Crippen LogP contribution in [0, 0.1) is 33.9 Å². The molecule has 0 radical (unpaired) electrons. The molecule has 35 heavy (non-hydrogen) atoms. The van der Waals surface area contributed by atoms with Crippen molar-refractivity contribution in [2.75, 3.05) is 6.61 Å². The first-order valence-electron chi connectivity index (χ1n) is 13.4. The van der Waals surface area contributed by atoms with Crippen molar-refractivity contribution in [1.29, 1.82) is 10.5 Å². The maximum absolute atomic E-state index is 15.6. The number of hydrogen-bond donors (Lipinski definition) is 0. The summed E-state index contributed by atoms with van der Waals surface area (Å²) >= 11 is 0. The Morgan fingerprint density at radius 2 is 1.54 bits per heavy atom. The minimum atomic E-state index is -0.187. The van der Waals surface area contributed by atoms with E-state index in [1.165, 1.54) is 44.9 Å². The van der Waals surface area contributed by atoms with Gasteiger partial charge >= 0.3 is 0 Å². The molecule has 0 aromatic heterocycles. The Morgan fingerprint density at radius 1 is 0.857 bits per heavy atom. The second kappa shape index (κ2) is 10.8. The Labute approximate surface area is 209 Å². The average molecular weight is 473 g/mol. The lowest BCUT2D eigenvalue weighted by Gasteiger charge is -2.54. The predicted octanol–water partition coefficient (Wildman–Crippen LogP) is 8.59. The second-order valence-corrected chi connectivity index (χ2v) is 10.7. The molecule has 3 fully saturated rings. The minimum Gasteiger partial charge on any atom is -0.492 e. The molecule has 0 aliphatic heterocycles. The van der Waals surface area contributed by atoms with E-state index in [0.717, 1.165) is 37.7 Å². The van der Waals surface area contributed by atoms with Crippen molar-refractivity contribution in [3.8, 4) is 29.0 Å². The number of nitrogens with zero attached hydrogens (tertiary/aromatic N) is 2. The summed E-state index contributed by atoms with van der Waals surface area (Å²) in [5, 5.41) is 19.6. The summed E-state index contributed by atoms with van der Waals surface area (Å²) in [6.45, 7) is 4.83. The average Bonchev–Trinajstić information content (AvgIpc) is 2.89. The zero-order valence-electron chi connectivity index (χ0n) is 21.3. The third kappa shape index (κ3) is 4.95. The summed E-state index contributed by atoms with van der Waals surface area (Å²) in [6, 6.07) is 13.2. The molecule has 2 aromatic carbocycles. The van der Waals surface area contributed by atoms with E-state index in [0.29, 0.717) is 28.9 Å². The Bertz CT molecular complexity index is 1120. The summed E-state index contributed by atoms with van der Waals surface area (Å²) in [7, 11) is 0. The van der Waals surface area contributed by atoms with E-state index in [9.17, 15) is 10.5 Å². The maximum Gasteiger partial charge on any atom is 0.138 e. The summed E-state index contributed by atoms with van der Waals surface area (Å²) in [6.07, 6.45) is 13.9.